The van der Waals surface area contributed by atoms with Gasteiger partial charge >= 0.3 is 0 Å². The molecule has 0 atom stereocenters. The van der Waals surface area contributed by atoms with Crippen molar-refractivity contribution < 1.29 is 14.3 Å². The molecule has 126 valence electrons. The number of nitrogens with one attached hydrogen (secondary N) is 1. The lowest BCUT2D eigenvalue weighted by Gasteiger charge is -2.19. The van der Waals surface area contributed by atoms with Crippen LogP contribution in [0.2, 0.25) is 0 Å². The Bertz CT molecular complexity index is 277. The number of ether oxygens (including phenoxy) is 2. The van der Waals surface area contributed by atoms with E-state index in [1.54, 1.807) is 0 Å². The van der Waals surface area contributed by atoms with Crippen molar-refractivity contribution in [1.29, 1.82) is 0 Å². The van der Waals surface area contributed by atoms with E-state index in [4.69, 9.17) is 9.47 Å². The molecule has 0 spiro atoms. The molecule has 0 heterocycles. The van der Waals surface area contributed by atoms with Crippen LogP contribution in [0.4, 0.5) is 0 Å². The van der Waals surface area contributed by atoms with E-state index >= 15 is 0 Å². The third-order valence-electron chi connectivity index (χ3n) is 2.89. The summed E-state index contributed by atoms with van der Waals surface area (Å²) in [4.78, 5) is 11.6. The highest BCUT2D eigenvalue weighted by molar-refractivity contribution is 5.75. The molecule has 1 N–H and O–H groups in total. The second-order valence-electron chi connectivity index (χ2n) is 7.69. The Kier molecular flexibility index (Phi) is 9.88. The van der Waals surface area contributed by atoms with Crippen LogP contribution in [0, 0.1) is 5.41 Å². The van der Waals surface area contributed by atoms with Crippen molar-refractivity contribution in [3.05, 3.63) is 0 Å². The summed E-state index contributed by atoms with van der Waals surface area (Å²) in [7, 11) is 0. The first-order valence-corrected chi connectivity index (χ1v) is 8.08. The summed E-state index contributed by atoms with van der Waals surface area (Å²) in [5, 5.41) is 2.93. The van der Waals surface area contributed by atoms with Gasteiger partial charge in [0.1, 0.15) is 0 Å². The summed E-state index contributed by atoms with van der Waals surface area (Å²) in [5.41, 5.74) is 0.199. The summed E-state index contributed by atoms with van der Waals surface area (Å²) >= 11 is 0. The summed E-state index contributed by atoms with van der Waals surface area (Å²) in [6, 6.07) is 0. The quantitative estimate of drug-likeness (QED) is 0.628. The van der Waals surface area contributed by atoms with Gasteiger partial charge in [-0.05, 0) is 45.4 Å². The molecule has 0 aromatic rings. The summed E-state index contributed by atoms with van der Waals surface area (Å²) in [6.07, 6.45) is 3.41. The maximum absolute atomic E-state index is 11.6. The first-order valence-electron chi connectivity index (χ1n) is 8.08. The Labute approximate surface area is 131 Å². The van der Waals surface area contributed by atoms with E-state index in [1.165, 1.54) is 0 Å². The van der Waals surface area contributed by atoms with E-state index < -0.39 is 0 Å². The molecule has 0 aromatic carbocycles. The van der Waals surface area contributed by atoms with Gasteiger partial charge in [0.05, 0.1) is 12.2 Å². The number of carbonyl (C=O) groups is 1. The number of carbonyl (C=O) groups excluding carboxylic acids is 1. The van der Waals surface area contributed by atoms with Crippen LogP contribution in [0.3, 0.4) is 0 Å². The molecule has 0 radical (unpaired) electrons. The van der Waals surface area contributed by atoms with Crippen molar-refractivity contribution in [1.82, 2.24) is 5.32 Å². The Morgan fingerprint density at radius 2 is 1.57 bits per heavy atom. The van der Waals surface area contributed by atoms with Crippen LogP contribution in [0.5, 0.6) is 0 Å². The number of rotatable bonds is 10. The molecule has 0 aliphatic heterocycles. The standard InChI is InChI=1S/C17H35NO3/c1-16(2,3)10-11-18-15(19)9-14-20-12-7-8-13-21-17(4,5)6/h7-14H2,1-6H3,(H,18,19). The molecule has 21 heavy (non-hydrogen) atoms. The van der Waals surface area contributed by atoms with Crippen molar-refractivity contribution in [3.63, 3.8) is 0 Å². The zero-order valence-corrected chi connectivity index (χ0v) is 14.9. The van der Waals surface area contributed by atoms with Gasteiger partial charge in [-0.1, -0.05) is 20.8 Å². The molecule has 0 aliphatic carbocycles. The SMILES string of the molecule is CC(C)(C)CCNC(=O)CCOCCCCOC(C)(C)C. The largest absolute Gasteiger partial charge is 0.381 e. The first kappa shape index (κ1) is 20.4. The van der Waals surface area contributed by atoms with Crippen LogP contribution in [0.25, 0.3) is 0 Å². The van der Waals surface area contributed by atoms with Crippen LogP contribution in [-0.2, 0) is 14.3 Å². The zero-order chi connectivity index (χ0) is 16.4. The van der Waals surface area contributed by atoms with Gasteiger partial charge in [-0.2, -0.15) is 0 Å². The molecule has 1 amide bonds. The second-order valence-corrected chi connectivity index (χ2v) is 7.69. The average molecular weight is 301 g/mol. The molecule has 4 heteroatoms. The maximum Gasteiger partial charge on any atom is 0.222 e. The summed E-state index contributed by atoms with van der Waals surface area (Å²) < 4.78 is 11.1. The van der Waals surface area contributed by atoms with Crippen molar-refractivity contribution in [2.45, 2.75) is 72.8 Å². The third-order valence-corrected chi connectivity index (χ3v) is 2.89. The van der Waals surface area contributed by atoms with Crippen LogP contribution >= 0.6 is 0 Å². The number of hydrogen-bond donors (Lipinski definition) is 1. The second kappa shape index (κ2) is 10.2. The lowest BCUT2D eigenvalue weighted by Crippen LogP contribution is -2.28. The molecule has 0 bridgehead atoms. The van der Waals surface area contributed by atoms with Gasteiger partial charge < -0.3 is 14.8 Å². The molecule has 0 unspecified atom stereocenters. The average Bonchev–Trinajstić information content (AvgIpc) is 2.29. The van der Waals surface area contributed by atoms with Gasteiger partial charge in [0, 0.05) is 26.2 Å². The van der Waals surface area contributed by atoms with Crippen molar-refractivity contribution in [2.75, 3.05) is 26.4 Å². The lowest BCUT2D eigenvalue weighted by molar-refractivity contribution is -0.122. The fourth-order valence-corrected chi connectivity index (χ4v) is 1.62. The van der Waals surface area contributed by atoms with E-state index in [-0.39, 0.29) is 16.9 Å². The Hall–Kier alpha value is -0.610. The first-order chi connectivity index (χ1) is 9.60. The summed E-state index contributed by atoms with van der Waals surface area (Å²) in [5.74, 6) is 0.0790. The van der Waals surface area contributed by atoms with Crippen LogP contribution < -0.4 is 5.32 Å². The minimum Gasteiger partial charge on any atom is -0.381 e. The van der Waals surface area contributed by atoms with Crippen molar-refractivity contribution in [2.24, 2.45) is 5.41 Å². The van der Waals surface area contributed by atoms with Crippen LogP contribution in [-0.4, -0.2) is 37.9 Å². The van der Waals surface area contributed by atoms with Gasteiger partial charge in [-0.3, -0.25) is 4.79 Å². The van der Waals surface area contributed by atoms with Crippen LogP contribution in [0.15, 0.2) is 0 Å². The lowest BCUT2D eigenvalue weighted by atomic mass is 9.92. The smallest absolute Gasteiger partial charge is 0.222 e. The zero-order valence-electron chi connectivity index (χ0n) is 14.9. The van der Waals surface area contributed by atoms with E-state index in [0.29, 0.717) is 19.6 Å². The third kappa shape index (κ3) is 17.3. The monoisotopic (exact) mass is 301 g/mol. The van der Waals surface area contributed by atoms with Gasteiger partial charge in [0.15, 0.2) is 0 Å². The molecule has 0 aromatic heterocycles. The Morgan fingerprint density at radius 3 is 2.14 bits per heavy atom. The van der Waals surface area contributed by atoms with Crippen LogP contribution in [0.1, 0.15) is 67.2 Å². The highest BCUT2D eigenvalue weighted by Crippen LogP contribution is 2.16. The molecule has 4 nitrogen and oxygen atoms in total. The van der Waals surface area contributed by atoms with E-state index in [0.717, 1.165) is 32.4 Å². The predicted molar refractivity (Wildman–Crippen MR) is 87.5 cm³/mol. The highest BCUT2D eigenvalue weighted by Gasteiger charge is 2.10. The van der Waals surface area contributed by atoms with E-state index in [1.807, 2.05) is 0 Å². The topological polar surface area (TPSA) is 47.6 Å². The molecule has 0 saturated heterocycles. The normalized spacial score (nSPS) is 12.5. The fourth-order valence-electron chi connectivity index (χ4n) is 1.62. The minimum absolute atomic E-state index is 0.0635. The fraction of sp³-hybridized carbons (Fsp3) is 0.941. The Balaban J connectivity index is 3.33. The molecule has 0 aliphatic rings. The molecule has 0 fully saturated rings. The van der Waals surface area contributed by atoms with E-state index in [9.17, 15) is 4.79 Å². The number of amides is 1. The predicted octanol–water partition coefficient (Wildman–Crippen LogP) is 3.54. The molecule has 0 rings (SSSR count). The minimum atomic E-state index is -0.0635. The van der Waals surface area contributed by atoms with E-state index in [2.05, 4.69) is 46.9 Å². The maximum atomic E-state index is 11.6. The van der Waals surface area contributed by atoms with Gasteiger partial charge in [-0.15, -0.1) is 0 Å². The summed E-state index contributed by atoms with van der Waals surface area (Å²) in [6.45, 7) is 15.4. The van der Waals surface area contributed by atoms with Gasteiger partial charge in [-0.25, -0.2) is 0 Å². The number of unbranched alkanes of at least 4 members (excludes halogenated alkanes) is 1. The van der Waals surface area contributed by atoms with Crippen molar-refractivity contribution in [3.8, 4) is 0 Å². The molecular weight excluding hydrogens is 266 g/mol. The van der Waals surface area contributed by atoms with Crippen molar-refractivity contribution >= 4 is 5.91 Å². The van der Waals surface area contributed by atoms with Gasteiger partial charge in [0.25, 0.3) is 0 Å². The highest BCUT2D eigenvalue weighted by atomic mass is 16.5. The molecular formula is C17H35NO3. The molecule has 0 saturated carbocycles. The number of hydrogen-bond acceptors (Lipinski definition) is 3. The Morgan fingerprint density at radius 1 is 0.952 bits per heavy atom. The van der Waals surface area contributed by atoms with Gasteiger partial charge in [0.2, 0.25) is 5.91 Å².